The number of amides is 1. The molecule has 1 atom stereocenters. The minimum Gasteiger partial charge on any atom is -0.444 e. The van der Waals surface area contributed by atoms with E-state index in [0.717, 1.165) is 39.0 Å². The SMILES string of the molecule is CC(C)(C)OC(=O)NCCNC1CCCOCC1. The zero-order valence-corrected chi connectivity index (χ0v) is 11.8. The van der Waals surface area contributed by atoms with E-state index < -0.39 is 5.60 Å². The van der Waals surface area contributed by atoms with Crippen molar-refractivity contribution in [3.8, 4) is 0 Å². The van der Waals surface area contributed by atoms with Crippen LogP contribution >= 0.6 is 0 Å². The van der Waals surface area contributed by atoms with Crippen LogP contribution in [0.2, 0.25) is 0 Å². The van der Waals surface area contributed by atoms with Gasteiger partial charge in [-0.3, -0.25) is 0 Å². The molecule has 106 valence electrons. The maximum Gasteiger partial charge on any atom is 0.407 e. The van der Waals surface area contributed by atoms with Crippen LogP contribution in [-0.2, 0) is 9.47 Å². The predicted octanol–water partition coefficient (Wildman–Crippen LogP) is 1.67. The number of carbonyl (C=O) groups excluding carboxylic acids is 1. The van der Waals surface area contributed by atoms with E-state index >= 15 is 0 Å². The van der Waals surface area contributed by atoms with Crippen molar-refractivity contribution in [2.75, 3.05) is 26.3 Å². The third-order valence-electron chi connectivity index (χ3n) is 2.68. The first-order valence-electron chi connectivity index (χ1n) is 6.75. The van der Waals surface area contributed by atoms with Crippen LogP contribution in [0.4, 0.5) is 4.79 Å². The Morgan fingerprint density at radius 2 is 2.06 bits per heavy atom. The van der Waals surface area contributed by atoms with Crippen LogP contribution in [0.1, 0.15) is 40.0 Å². The summed E-state index contributed by atoms with van der Waals surface area (Å²) in [5, 5.41) is 6.17. The molecule has 5 heteroatoms. The van der Waals surface area contributed by atoms with Crippen molar-refractivity contribution in [2.45, 2.75) is 51.7 Å². The van der Waals surface area contributed by atoms with Gasteiger partial charge in [-0.15, -0.1) is 0 Å². The zero-order chi connectivity index (χ0) is 13.4. The summed E-state index contributed by atoms with van der Waals surface area (Å²) >= 11 is 0. The van der Waals surface area contributed by atoms with Gasteiger partial charge >= 0.3 is 6.09 Å². The van der Waals surface area contributed by atoms with E-state index in [1.807, 2.05) is 20.8 Å². The van der Waals surface area contributed by atoms with Crippen molar-refractivity contribution in [1.82, 2.24) is 10.6 Å². The lowest BCUT2D eigenvalue weighted by Gasteiger charge is -2.20. The molecule has 0 saturated carbocycles. The number of hydrogen-bond donors (Lipinski definition) is 2. The Labute approximate surface area is 110 Å². The van der Waals surface area contributed by atoms with E-state index in [0.29, 0.717) is 12.6 Å². The molecule has 5 nitrogen and oxygen atoms in total. The molecule has 0 aliphatic carbocycles. The second-order valence-corrected chi connectivity index (χ2v) is 5.62. The molecule has 1 fully saturated rings. The predicted molar refractivity (Wildman–Crippen MR) is 70.7 cm³/mol. The molecule has 1 aliphatic heterocycles. The van der Waals surface area contributed by atoms with Gasteiger partial charge in [0.1, 0.15) is 5.60 Å². The van der Waals surface area contributed by atoms with Gasteiger partial charge in [-0.2, -0.15) is 0 Å². The molecule has 18 heavy (non-hydrogen) atoms. The topological polar surface area (TPSA) is 59.6 Å². The molecule has 1 aliphatic rings. The lowest BCUT2D eigenvalue weighted by molar-refractivity contribution is 0.0527. The monoisotopic (exact) mass is 258 g/mol. The van der Waals surface area contributed by atoms with Crippen LogP contribution in [0.5, 0.6) is 0 Å². The number of hydrogen-bond acceptors (Lipinski definition) is 4. The largest absolute Gasteiger partial charge is 0.444 e. The van der Waals surface area contributed by atoms with Crippen LogP contribution in [-0.4, -0.2) is 44.0 Å². The van der Waals surface area contributed by atoms with Gasteiger partial charge in [0, 0.05) is 32.3 Å². The molecule has 1 amide bonds. The smallest absolute Gasteiger partial charge is 0.407 e. The molecular formula is C13H26N2O3. The molecule has 1 heterocycles. The molecule has 1 rings (SSSR count). The van der Waals surface area contributed by atoms with Crippen LogP contribution < -0.4 is 10.6 Å². The second kappa shape index (κ2) is 7.59. The fourth-order valence-electron chi connectivity index (χ4n) is 1.86. The average Bonchev–Trinajstić information content (AvgIpc) is 2.50. The lowest BCUT2D eigenvalue weighted by atomic mass is 10.1. The summed E-state index contributed by atoms with van der Waals surface area (Å²) in [7, 11) is 0. The van der Waals surface area contributed by atoms with Crippen molar-refractivity contribution >= 4 is 6.09 Å². The minimum absolute atomic E-state index is 0.353. The Bertz CT molecular complexity index is 243. The Morgan fingerprint density at radius 3 is 2.78 bits per heavy atom. The van der Waals surface area contributed by atoms with E-state index in [1.165, 1.54) is 0 Å². The zero-order valence-electron chi connectivity index (χ0n) is 11.8. The van der Waals surface area contributed by atoms with Gasteiger partial charge in [0.25, 0.3) is 0 Å². The van der Waals surface area contributed by atoms with Crippen molar-refractivity contribution in [2.24, 2.45) is 0 Å². The summed E-state index contributed by atoms with van der Waals surface area (Å²) in [5.74, 6) is 0. The number of carbonyl (C=O) groups is 1. The molecular weight excluding hydrogens is 232 g/mol. The van der Waals surface area contributed by atoms with Crippen molar-refractivity contribution < 1.29 is 14.3 Å². The third kappa shape index (κ3) is 7.50. The van der Waals surface area contributed by atoms with Crippen molar-refractivity contribution in [3.05, 3.63) is 0 Å². The summed E-state index contributed by atoms with van der Waals surface area (Å²) in [6.07, 6.45) is 2.95. The van der Waals surface area contributed by atoms with Gasteiger partial charge in [0.15, 0.2) is 0 Å². The van der Waals surface area contributed by atoms with Crippen LogP contribution in [0.3, 0.4) is 0 Å². The highest BCUT2D eigenvalue weighted by Gasteiger charge is 2.16. The second-order valence-electron chi connectivity index (χ2n) is 5.62. The van der Waals surface area contributed by atoms with Gasteiger partial charge in [0.2, 0.25) is 0 Å². The van der Waals surface area contributed by atoms with Crippen LogP contribution in [0.25, 0.3) is 0 Å². The first kappa shape index (κ1) is 15.2. The number of nitrogens with one attached hydrogen (secondary N) is 2. The number of rotatable bonds is 4. The summed E-state index contributed by atoms with van der Waals surface area (Å²) < 4.78 is 10.5. The van der Waals surface area contributed by atoms with E-state index in [2.05, 4.69) is 10.6 Å². The van der Waals surface area contributed by atoms with E-state index in [4.69, 9.17) is 9.47 Å². The summed E-state index contributed by atoms with van der Waals surface area (Å²) in [4.78, 5) is 11.4. The van der Waals surface area contributed by atoms with Crippen molar-refractivity contribution in [3.63, 3.8) is 0 Å². The summed E-state index contributed by atoms with van der Waals surface area (Å²) in [5.41, 5.74) is -0.434. The minimum atomic E-state index is -0.434. The Hall–Kier alpha value is -0.810. The lowest BCUT2D eigenvalue weighted by Crippen LogP contribution is -2.39. The fraction of sp³-hybridized carbons (Fsp3) is 0.923. The molecule has 0 radical (unpaired) electrons. The number of ether oxygens (including phenoxy) is 2. The highest BCUT2D eigenvalue weighted by molar-refractivity contribution is 5.67. The van der Waals surface area contributed by atoms with Crippen molar-refractivity contribution in [1.29, 1.82) is 0 Å². The summed E-state index contributed by atoms with van der Waals surface area (Å²) in [6.45, 7) is 8.63. The first-order valence-corrected chi connectivity index (χ1v) is 6.75. The van der Waals surface area contributed by atoms with E-state index in [-0.39, 0.29) is 6.09 Å². The van der Waals surface area contributed by atoms with Gasteiger partial charge in [0.05, 0.1) is 0 Å². The van der Waals surface area contributed by atoms with Gasteiger partial charge < -0.3 is 20.1 Å². The Balaban J connectivity index is 2.05. The summed E-state index contributed by atoms with van der Waals surface area (Å²) in [6, 6.07) is 0.507. The molecule has 0 aromatic carbocycles. The molecule has 0 aromatic rings. The molecule has 2 N–H and O–H groups in total. The van der Waals surface area contributed by atoms with Gasteiger partial charge in [-0.05, 0) is 40.0 Å². The van der Waals surface area contributed by atoms with Crippen LogP contribution in [0, 0.1) is 0 Å². The number of alkyl carbamates (subject to hydrolysis) is 1. The van der Waals surface area contributed by atoms with Gasteiger partial charge in [-0.25, -0.2) is 4.79 Å². The average molecular weight is 258 g/mol. The molecule has 0 aromatic heterocycles. The van der Waals surface area contributed by atoms with E-state index in [9.17, 15) is 4.79 Å². The van der Waals surface area contributed by atoms with E-state index in [1.54, 1.807) is 0 Å². The Kier molecular flexibility index (Phi) is 6.43. The fourth-order valence-corrected chi connectivity index (χ4v) is 1.86. The van der Waals surface area contributed by atoms with Crippen LogP contribution in [0.15, 0.2) is 0 Å². The normalized spacial score (nSPS) is 21.2. The molecule has 0 bridgehead atoms. The highest BCUT2D eigenvalue weighted by atomic mass is 16.6. The molecule has 1 unspecified atom stereocenters. The van der Waals surface area contributed by atoms with Gasteiger partial charge in [-0.1, -0.05) is 0 Å². The maximum absolute atomic E-state index is 11.4. The first-order chi connectivity index (χ1) is 8.47. The quantitative estimate of drug-likeness (QED) is 0.753. The molecule has 0 spiro atoms. The standard InChI is InChI=1S/C13H26N2O3/c1-13(2,3)18-12(16)15-8-7-14-11-5-4-9-17-10-6-11/h11,14H,4-10H2,1-3H3,(H,15,16). The third-order valence-corrected chi connectivity index (χ3v) is 2.68. The highest BCUT2D eigenvalue weighted by Crippen LogP contribution is 2.07. The maximum atomic E-state index is 11.4. The molecule has 1 saturated heterocycles. The Morgan fingerprint density at radius 1 is 1.28 bits per heavy atom.